The molecule has 0 saturated carbocycles. The highest BCUT2D eigenvalue weighted by Gasteiger charge is 2.33. The molecule has 168 valence electrons. The topological polar surface area (TPSA) is 93.0 Å². The van der Waals surface area contributed by atoms with E-state index in [1.54, 1.807) is 53.1 Å². The zero-order chi connectivity index (χ0) is 23.8. The number of nitro groups is 1. The molecule has 1 N–H and O–H groups in total. The van der Waals surface area contributed by atoms with Gasteiger partial charge in [0.05, 0.1) is 22.5 Å². The quantitative estimate of drug-likeness (QED) is 0.185. The molecule has 0 atom stereocenters. The monoisotopic (exact) mass is 474 g/mol. The average molecular weight is 475 g/mol. The SMILES string of the molecule is O=[N+]([O-])c1cc(C(F)(F)F)ccc1N=Nc1c(O)n(Cc2ccccc2Cl)c2ccccc12. The van der Waals surface area contributed by atoms with Crippen molar-refractivity contribution < 1.29 is 23.2 Å². The molecule has 0 spiro atoms. The highest BCUT2D eigenvalue weighted by molar-refractivity contribution is 6.31. The lowest BCUT2D eigenvalue weighted by Crippen LogP contribution is -2.05. The molecule has 0 bridgehead atoms. The maximum atomic E-state index is 12.9. The minimum Gasteiger partial charge on any atom is -0.493 e. The number of halogens is 4. The summed E-state index contributed by atoms with van der Waals surface area (Å²) in [6, 6.07) is 15.9. The number of nitro benzene ring substituents is 1. The molecule has 7 nitrogen and oxygen atoms in total. The van der Waals surface area contributed by atoms with E-state index in [0.717, 1.165) is 11.6 Å². The van der Waals surface area contributed by atoms with E-state index in [4.69, 9.17) is 11.6 Å². The van der Waals surface area contributed by atoms with Gasteiger partial charge >= 0.3 is 6.18 Å². The summed E-state index contributed by atoms with van der Waals surface area (Å²) in [5.41, 5.74) is -1.05. The summed E-state index contributed by atoms with van der Waals surface area (Å²) in [5, 5.41) is 30.9. The number of para-hydroxylation sites is 1. The molecule has 0 saturated heterocycles. The average Bonchev–Trinajstić information content (AvgIpc) is 3.04. The fraction of sp³-hybridized carbons (Fsp3) is 0.0909. The molecule has 0 fully saturated rings. The van der Waals surface area contributed by atoms with Crippen LogP contribution in [-0.4, -0.2) is 14.6 Å². The van der Waals surface area contributed by atoms with Crippen LogP contribution in [0.25, 0.3) is 10.9 Å². The third-order valence-electron chi connectivity index (χ3n) is 4.96. The van der Waals surface area contributed by atoms with Crippen LogP contribution < -0.4 is 0 Å². The Labute approximate surface area is 189 Å². The summed E-state index contributed by atoms with van der Waals surface area (Å²) in [4.78, 5) is 10.3. The number of aromatic hydroxyl groups is 1. The molecule has 0 radical (unpaired) electrons. The van der Waals surface area contributed by atoms with Gasteiger partial charge in [0.1, 0.15) is 0 Å². The van der Waals surface area contributed by atoms with Crippen LogP contribution in [0.5, 0.6) is 5.88 Å². The lowest BCUT2D eigenvalue weighted by molar-refractivity contribution is -0.384. The molecule has 4 rings (SSSR count). The van der Waals surface area contributed by atoms with Crippen molar-refractivity contribution in [1.82, 2.24) is 4.57 Å². The minimum atomic E-state index is -4.75. The summed E-state index contributed by atoms with van der Waals surface area (Å²) in [7, 11) is 0. The summed E-state index contributed by atoms with van der Waals surface area (Å²) in [6.07, 6.45) is -4.75. The third-order valence-corrected chi connectivity index (χ3v) is 5.33. The van der Waals surface area contributed by atoms with Gasteiger partial charge in [-0.15, -0.1) is 10.2 Å². The predicted molar refractivity (Wildman–Crippen MR) is 116 cm³/mol. The van der Waals surface area contributed by atoms with E-state index in [1.807, 2.05) is 0 Å². The van der Waals surface area contributed by atoms with E-state index in [-0.39, 0.29) is 23.8 Å². The number of benzene rings is 3. The van der Waals surface area contributed by atoms with Crippen LogP contribution in [0.15, 0.2) is 77.0 Å². The van der Waals surface area contributed by atoms with Crippen molar-refractivity contribution in [3.8, 4) is 5.88 Å². The van der Waals surface area contributed by atoms with E-state index >= 15 is 0 Å². The Balaban J connectivity index is 1.80. The highest BCUT2D eigenvalue weighted by Crippen LogP contribution is 2.42. The Kier molecular flexibility index (Phi) is 5.77. The number of alkyl halides is 3. The van der Waals surface area contributed by atoms with Gasteiger partial charge in [-0.05, 0) is 29.8 Å². The molecule has 0 aliphatic rings. The smallest absolute Gasteiger partial charge is 0.416 e. The normalized spacial score (nSPS) is 12.0. The van der Waals surface area contributed by atoms with Crippen LogP contribution in [0.3, 0.4) is 0 Å². The van der Waals surface area contributed by atoms with Crippen molar-refractivity contribution >= 4 is 39.6 Å². The summed E-state index contributed by atoms with van der Waals surface area (Å²) >= 11 is 6.24. The van der Waals surface area contributed by atoms with Gasteiger partial charge in [-0.25, -0.2) is 0 Å². The zero-order valence-corrected chi connectivity index (χ0v) is 17.4. The first kappa shape index (κ1) is 22.3. The number of aromatic nitrogens is 1. The molecule has 0 unspecified atom stereocenters. The Morgan fingerprint density at radius 3 is 2.42 bits per heavy atom. The van der Waals surface area contributed by atoms with Crippen LogP contribution in [0.4, 0.5) is 30.2 Å². The number of hydrogen-bond acceptors (Lipinski definition) is 5. The summed E-state index contributed by atoms with van der Waals surface area (Å²) < 4.78 is 40.3. The van der Waals surface area contributed by atoms with Crippen molar-refractivity contribution in [3.63, 3.8) is 0 Å². The van der Waals surface area contributed by atoms with Gasteiger partial charge in [0.2, 0.25) is 5.88 Å². The number of rotatable bonds is 5. The molecule has 4 aromatic rings. The molecule has 0 aliphatic heterocycles. The van der Waals surface area contributed by atoms with Gasteiger partial charge in [-0.3, -0.25) is 10.1 Å². The van der Waals surface area contributed by atoms with Crippen LogP contribution >= 0.6 is 11.6 Å². The maximum absolute atomic E-state index is 12.9. The molecule has 0 aliphatic carbocycles. The number of azo groups is 1. The number of hydrogen-bond donors (Lipinski definition) is 1. The van der Waals surface area contributed by atoms with Gasteiger partial charge in [0.15, 0.2) is 11.4 Å². The largest absolute Gasteiger partial charge is 0.493 e. The zero-order valence-electron chi connectivity index (χ0n) is 16.6. The molecule has 1 aromatic heterocycles. The van der Waals surface area contributed by atoms with Crippen LogP contribution in [0.1, 0.15) is 11.1 Å². The maximum Gasteiger partial charge on any atom is 0.416 e. The standard InChI is InChI=1S/C22H14ClF3N4O3/c23-16-7-3-1-5-13(16)12-29-18-8-4-2-6-15(18)20(21(29)31)28-27-17-10-9-14(22(24,25)26)11-19(17)30(32)33/h1-11,31H,12H2. The van der Waals surface area contributed by atoms with Gasteiger partial charge in [-0.1, -0.05) is 48.0 Å². The van der Waals surface area contributed by atoms with Crippen molar-refractivity contribution in [2.75, 3.05) is 0 Å². The van der Waals surface area contributed by atoms with Gasteiger partial charge in [-0.2, -0.15) is 13.2 Å². The molecule has 3 aromatic carbocycles. The third kappa shape index (κ3) is 4.37. The van der Waals surface area contributed by atoms with Crippen molar-refractivity contribution in [1.29, 1.82) is 0 Å². The molecular formula is C22H14ClF3N4O3. The Morgan fingerprint density at radius 1 is 1.03 bits per heavy atom. The van der Waals surface area contributed by atoms with Crippen molar-refractivity contribution in [2.24, 2.45) is 10.2 Å². The van der Waals surface area contributed by atoms with Crippen LogP contribution in [0, 0.1) is 10.1 Å². The fourth-order valence-electron chi connectivity index (χ4n) is 3.36. The summed E-state index contributed by atoms with van der Waals surface area (Å²) in [6.45, 7) is 0.210. The highest BCUT2D eigenvalue weighted by atomic mass is 35.5. The second kappa shape index (κ2) is 8.55. The van der Waals surface area contributed by atoms with Crippen LogP contribution in [-0.2, 0) is 12.7 Å². The molecule has 11 heteroatoms. The minimum absolute atomic E-state index is 0.0202. The Morgan fingerprint density at radius 2 is 1.73 bits per heavy atom. The molecule has 1 heterocycles. The first-order valence-corrected chi connectivity index (χ1v) is 9.85. The van der Waals surface area contributed by atoms with E-state index < -0.39 is 22.4 Å². The molecule has 33 heavy (non-hydrogen) atoms. The molecule has 0 amide bonds. The first-order valence-electron chi connectivity index (χ1n) is 9.48. The van der Waals surface area contributed by atoms with Gasteiger partial charge < -0.3 is 9.67 Å². The second-order valence-corrected chi connectivity index (χ2v) is 7.43. The van der Waals surface area contributed by atoms with E-state index in [1.165, 1.54) is 0 Å². The van der Waals surface area contributed by atoms with Crippen LogP contribution in [0.2, 0.25) is 5.02 Å². The fourth-order valence-corrected chi connectivity index (χ4v) is 3.56. The van der Waals surface area contributed by atoms with E-state index in [9.17, 15) is 28.4 Å². The molecular weight excluding hydrogens is 461 g/mol. The number of fused-ring (bicyclic) bond motifs is 1. The Bertz CT molecular complexity index is 1400. The van der Waals surface area contributed by atoms with E-state index in [0.29, 0.717) is 28.1 Å². The first-order chi connectivity index (χ1) is 15.7. The van der Waals surface area contributed by atoms with Gasteiger partial charge in [0.25, 0.3) is 5.69 Å². The number of nitrogens with zero attached hydrogens (tertiary/aromatic N) is 4. The van der Waals surface area contributed by atoms with Gasteiger partial charge in [0, 0.05) is 16.5 Å². The Hall–Kier alpha value is -3.92. The van der Waals surface area contributed by atoms with Crippen molar-refractivity contribution in [3.05, 3.63) is 93.0 Å². The lowest BCUT2D eigenvalue weighted by Gasteiger charge is -2.08. The van der Waals surface area contributed by atoms with Crippen molar-refractivity contribution in [2.45, 2.75) is 12.7 Å². The van der Waals surface area contributed by atoms with E-state index in [2.05, 4.69) is 10.2 Å². The predicted octanol–water partition coefficient (Wildman–Crippen LogP) is 7.39. The summed E-state index contributed by atoms with van der Waals surface area (Å²) in [5.74, 6) is -0.269. The second-order valence-electron chi connectivity index (χ2n) is 7.03. The lowest BCUT2D eigenvalue weighted by atomic mass is 10.1.